The highest BCUT2D eigenvalue weighted by molar-refractivity contribution is 8.00. The minimum absolute atomic E-state index is 0.0470. The fraction of sp³-hybridized carbons (Fsp3) is 0.467. The van der Waals surface area contributed by atoms with Crippen molar-refractivity contribution < 1.29 is 13.2 Å². The molecule has 2 aliphatic rings. The van der Waals surface area contributed by atoms with Crippen LogP contribution in [0.4, 0.5) is 5.82 Å². The SMILES string of the molecule is Cc1nn([C@@H]2CCS(=O)(=O)C2)c2c1[C@@H](c1cccs1)SCC(=O)N2. The summed E-state index contributed by atoms with van der Waals surface area (Å²) in [5.41, 5.74) is 1.85. The molecule has 0 saturated carbocycles. The summed E-state index contributed by atoms with van der Waals surface area (Å²) in [6, 6.07) is 3.87. The fourth-order valence-electron chi connectivity index (χ4n) is 3.31. The molecule has 2 aliphatic heterocycles. The van der Waals surface area contributed by atoms with Gasteiger partial charge in [-0.25, -0.2) is 13.1 Å². The van der Waals surface area contributed by atoms with E-state index in [1.165, 1.54) is 4.88 Å². The van der Waals surface area contributed by atoms with Crippen LogP contribution in [0.25, 0.3) is 0 Å². The molecule has 6 nitrogen and oxygen atoms in total. The van der Waals surface area contributed by atoms with E-state index in [2.05, 4.69) is 16.5 Å². The average Bonchev–Trinajstić information content (AvgIpc) is 3.20. The van der Waals surface area contributed by atoms with E-state index < -0.39 is 9.84 Å². The number of anilines is 1. The number of hydrogen-bond acceptors (Lipinski definition) is 6. The maximum absolute atomic E-state index is 12.2. The molecule has 0 aliphatic carbocycles. The van der Waals surface area contributed by atoms with Gasteiger partial charge in [0.15, 0.2) is 9.84 Å². The summed E-state index contributed by atoms with van der Waals surface area (Å²) in [7, 11) is -3.02. The van der Waals surface area contributed by atoms with Crippen LogP contribution in [-0.2, 0) is 14.6 Å². The van der Waals surface area contributed by atoms with Gasteiger partial charge in [0.1, 0.15) is 5.82 Å². The molecular formula is C15H17N3O3S3. The van der Waals surface area contributed by atoms with Gasteiger partial charge in [-0.05, 0) is 24.8 Å². The lowest BCUT2D eigenvalue weighted by molar-refractivity contribution is -0.113. The van der Waals surface area contributed by atoms with E-state index in [1.54, 1.807) is 27.8 Å². The molecule has 0 radical (unpaired) electrons. The van der Waals surface area contributed by atoms with Gasteiger partial charge in [0.2, 0.25) is 5.91 Å². The molecule has 2 aromatic rings. The second-order valence-electron chi connectivity index (χ2n) is 6.10. The highest BCUT2D eigenvalue weighted by Crippen LogP contribution is 2.45. The van der Waals surface area contributed by atoms with Crippen molar-refractivity contribution in [3.63, 3.8) is 0 Å². The highest BCUT2D eigenvalue weighted by atomic mass is 32.2. The quantitative estimate of drug-likeness (QED) is 0.861. The largest absolute Gasteiger partial charge is 0.310 e. The number of aromatic nitrogens is 2. The van der Waals surface area contributed by atoms with Crippen LogP contribution < -0.4 is 5.32 Å². The summed E-state index contributed by atoms with van der Waals surface area (Å²) in [5, 5.41) is 9.64. The second kappa shape index (κ2) is 5.89. The van der Waals surface area contributed by atoms with Gasteiger partial charge in [0.05, 0.1) is 34.2 Å². The molecule has 128 valence electrons. The first-order valence-corrected chi connectivity index (χ1v) is 11.4. The van der Waals surface area contributed by atoms with Gasteiger partial charge in [-0.15, -0.1) is 23.1 Å². The van der Waals surface area contributed by atoms with Gasteiger partial charge in [-0.2, -0.15) is 5.10 Å². The first-order chi connectivity index (χ1) is 11.4. The first kappa shape index (κ1) is 16.2. The van der Waals surface area contributed by atoms with Crippen molar-refractivity contribution in [3.05, 3.63) is 33.6 Å². The number of carbonyl (C=O) groups is 1. The molecular weight excluding hydrogens is 366 g/mol. The van der Waals surface area contributed by atoms with Crippen LogP contribution in [0, 0.1) is 6.92 Å². The van der Waals surface area contributed by atoms with Crippen LogP contribution in [0.15, 0.2) is 17.5 Å². The number of nitrogens with one attached hydrogen (secondary N) is 1. The van der Waals surface area contributed by atoms with Crippen molar-refractivity contribution in [3.8, 4) is 0 Å². The highest BCUT2D eigenvalue weighted by Gasteiger charge is 2.36. The first-order valence-electron chi connectivity index (χ1n) is 7.69. The zero-order valence-electron chi connectivity index (χ0n) is 13.1. The number of amides is 1. The van der Waals surface area contributed by atoms with Gasteiger partial charge >= 0.3 is 0 Å². The van der Waals surface area contributed by atoms with Crippen LogP contribution in [0.3, 0.4) is 0 Å². The maximum atomic E-state index is 12.2. The van der Waals surface area contributed by atoms with Crippen molar-refractivity contribution in [2.45, 2.75) is 24.6 Å². The Kier molecular flexibility index (Phi) is 3.97. The van der Waals surface area contributed by atoms with Crippen molar-refractivity contribution in [2.75, 3.05) is 22.6 Å². The lowest BCUT2D eigenvalue weighted by Gasteiger charge is -2.15. The average molecular weight is 384 g/mol. The monoisotopic (exact) mass is 383 g/mol. The van der Waals surface area contributed by atoms with E-state index >= 15 is 0 Å². The Hall–Kier alpha value is -1.32. The van der Waals surface area contributed by atoms with Gasteiger partial charge in [0.25, 0.3) is 0 Å². The third kappa shape index (κ3) is 2.78. The third-order valence-corrected chi connectivity index (χ3v) is 8.48. The van der Waals surface area contributed by atoms with E-state index in [-0.39, 0.29) is 28.7 Å². The van der Waals surface area contributed by atoms with Gasteiger partial charge < -0.3 is 5.32 Å². The van der Waals surface area contributed by atoms with Crippen LogP contribution in [0.2, 0.25) is 0 Å². The molecule has 4 heterocycles. The lowest BCUT2D eigenvalue weighted by atomic mass is 10.1. The van der Waals surface area contributed by atoms with Crippen molar-refractivity contribution in [2.24, 2.45) is 0 Å². The number of sulfone groups is 1. The Labute approximate surface area is 148 Å². The lowest BCUT2D eigenvalue weighted by Crippen LogP contribution is -2.20. The Balaban J connectivity index is 1.82. The summed E-state index contributed by atoms with van der Waals surface area (Å²) in [6.07, 6.45) is 0.544. The number of thioether (sulfide) groups is 1. The summed E-state index contributed by atoms with van der Waals surface area (Å²) in [4.78, 5) is 13.4. The van der Waals surface area contributed by atoms with Crippen molar-refractivity contribution in [1.82, 2.24) is 9.78 Å². The molecule has 2 atom stereocenters. The topological polar surface area (TPSA) is 81.1 Å². The van der Waals surface area contributed by atoms with Crippen molar-refractivity contribution >= 4 is 44.7 Å². The van der Waals surface area contributed by atoms with Gasteiger partial charge in [-0.3, -0.25) is 4.79 Å². The molecule has 0 aromatic carbocycles. The molecule has 0 bridgehead atoms. The summed E-state index contributed by atoms with van der Waals surface area (Å²) < 4.78 is 25.4. The van der Waals surface area contributed by atoms with E-state index in [1.807, 2.05) is 18.4 Å². The molecule has 9 heteroatoms. The summed E-state index contributed by atoms with van der Waals surface area (Å²) in [5.74, 6) is 1.25. The molecule has 0 unspecified atom stereocenters. The van der Waals surface area contributed by atoms with Crippen LogP contribution in [0.5, 0.6) is 0 Å². The molecule has 1 saturated heterocycles. The zero-order valence-corrected chi connectivity index (χ0v) is 15.5. The number of carbonyl (C=O) groups excluding carboxylic acids is 1. The molecule has 1 fully saturated rings. The molecule has 1 N–H and O–H groups in total. The van der Waals surface area contributed by atoms with Crippen LogP contribution in [0.1, 0.15) is 33.8 Å². The molecule has 2 aromatic heterocycles. The Bertz CT molecular complexity index is 887. The molecule has 0 spiro atoms. The Morgan fingerprint density at radius 1 is 1.42 bits per heavy atom. The van der Waals surface area contributed by atoms with Crippen LogP contribution >= 0.6 is 23.1 Å². The number of aryl methyl sites for hydroxylation is 1. The van der Waals surface area contributed by atoms with E-state index in [0.29, 0.717) is 18.0 Å². The number of nitrogens with zero attached hydrogens (tertiary/aromatic N) is 2. The Morgan fingerprint density at radius 2 is 2.25 bits per heavy atom. The summed E-state index contributed by atoms with van der Waals surface area (Å²) in [6.45, 7) is 1.93. The number of hydrogen-bond donors (Lipinski definition) is 1. The third-order valence-electron chi connectivity index (χ3n) is 4.39. The molecule has 4 rings (SSSR count). The maximum Gasteiger partial charge on any atom is 0.235 e. The number of fused-ring (bicyclic) bond motifs is 1. The predicted molar refractivity (Wildman–Crippen MR) is 96.5 cm³/mol. The molecule has 24 heavy (non-hydrogen) atoms. The number of thiophene rings is 1. The normalized spacial score (nSPS) is 26.0. The zero-order chi connectivity index (χ0) is 16.9. The minimum Gasteiger partial charge on any atom is -0.310 e. The van der Waals surface area contributed by atoms with E-state index in [0.717, 1.165) is 11.3 Å². The van der Waals surface area contributed by atoms with Gasteiger partial charge in [-0.1, -0.05) is 6.07 Å². The minimum atomic E-state index is -3.02. The standard InChI is InChI=1S/C15H17N3O3S3/c1-9-13-14(11-3-2-5-22-11)23-7-12(19)16-15(13)18(17-9)10-4-6-24(20,21)8-10/h2-3,5,10,14H,4,6-8H2,1H3,(H,16,19)/t10-,14-/m1/s1. The number of rotatable bonds is 2. The van der Waals surface area contributed by atoms with Crippen LogP contribution in [-0.4, -0.2) is 41.4 Å². The van der Waals surface area contributed by atoms with E-state index in [4.69, 9.17) is 0 Å². The van der Waals surface area contributed by atoms with Crippen molar-refractivity contribution in [1.29, 1.82) is 0 Å². The fourth-order valence-corrected chi connectivity index (χ4v) is 7.16. The smallest absolute Gasteiger partial charge is 0.235 e. The predicted octanol–water partition coefficient (Wildman–Crippen LogP) is 2.39. The summed E-state index contributed by atoms with van der Waals surface area (Å²) >= 11 is 3.25. The molecule has 1 amide bonds. The van der Waals surface area contributed by atoms with E-state index in [9.17, 15) is 13.2 Å². The Morgan fingerprint density at radius 3 is 2.92 bits per heavy atom. The van der Waals surface area contributed by atoms with Gasteiger partial charge in [0, 0.05) is 10.4 Å². The second-order valence-corrected chi connectivity index (χ2v) is 10.4.